The highest BCUT2D eigenvalue weighted by atomic mass is 32.1. The van der Waals surface area contributed by atoms with E-state index < -0.39 is 0 Å². The van der Waals surface area contributed by atoms with Crippen LogP contribution in [0.3, 0.4) is 0 Å². The van der Waals surface area contributed by atoms with Gasteiger partial charge in [-0.15, -0.1) is 11.3 Å². The summed E-state index contributed by atoms with van der Waals surface area (Å²) in [5.74, 6) is 1.71. The van der Waals surface area contributed by atoms with E-state index in [0.29, 0.717) is 17.5 Å². The summed E-state index contributed by atoms with van der Waals surface area (Å²) in [6.07, 6.45) is 0. The number of furan rings is 1. The van der Waals surface area contributed by atoms with Gasteiger partial charge in [-0.2, -0.15) is 0 Å². The zero-order chi connectivity index (χ0) is 49.6. The van der Waals surface area contributed by atoms with Gasteiger partial charge in [0.25, 0.3) is 0 Å². The van der Waals surface area contributed by atoms with Gasteiger partial charge in [-0.3, -0.25) is 0 Å². The number of benzene rings is 12. The Kier molecular flexibility index (Phi) is 8.62. The van der Waals surface area contributed by atoms with Gasteiger partial charge in [-0.1, -0.05) is 176 Å². The SMILES string of the molecule is c1ccc(-n2c3ccccc3c3c(-c4nc(-c5cc6c(cc5-n5c7cc8ccccc8cc7c7ccc8ccccc8c75)sc5c7ccccc7ccc65)nc(-c5cccc6oc7ccccc7c56)n4)cccc32)cc1. The zero-order valence-electron chi connectivity index (χ0n) is 40.6. The van der Waals surface area contributed by atoms with Crippen LogP contribution in [-0.2, 0) is 0 Å². The lowest BCUT2D eigenvalue weighted by Crippen LogP contribution is -2.04. The normalized spacial score (nSPS) is 12.2. The first kappa shape index (κ1) is 41.5. The largest absolute Gasteiger partial charge is 0.456 e. The molecule has 0 saturated carbocycles. The standard InChI is InChI=1S/C69H39N5OS/c1-2-20-44(21-3-1)73-56-28-12-10-24-49(56)63-51(26-14-29-57(63)73)67-70-68(52-27-15-31-61-64(52)50-25-11-13-30-60(50)75-61)72-69(71-67)55-38-54-48-35-33-41-17-7-9-23-46(41)66(48)76-62(54)39-59(55)74-58-37-43-19-5-4-18-42(43)36-53(58)47-34-32-40-16-6-8-22-45(40)65(47)74/h1-39H. The Bertz CT molecular complexity index is 5310. The lowest BCUT2D eigenvalue weighted by Gasteiger charge is -2.17. The number of para-hydroxylation sites is 3. The minimum absolute atomic E-state index is 0.562. The molecule has 0 atom stereocenters. The Morgan fingerprint density at radius 1 is 0.329 bits per heavy atom. The summed E-state index contributed by atoms with van der Waals surface area (Å²) < 4.78 is 13.8. The molecule has 17 aromatic rings. The van der Waals surface area contributed by atoms with E-state index in [4.69, 9.17) is 19.4 Å². The molecule has 17 rings (SSSR count). The van der Waals surface area contributed by atoms with E-state index in [9.17, 15) is 0 Å². The number of nitrogens with zero attached hydrogens (tertiary/aromatic N) is 5. The van der Waals surface area contributed by atoms with Gasteiger partial charge in [-0.25, -0.2) is 15.0 Å². The molecule has 12 aromatic carbocycles. The van der Waals surface area contributed by atoms with Gasteiger partial charge < -0.3 is 13.6 Å². The second kappa shape index (κ2) is 15.8. The first-order valence-corrected chi connectivity index (χ1v) is 26.5. The molecule has 0 fully saturated rings. The van der Waals surface area contributed by atoms with Crippen molar-refractivity contribution in [1.82, 2.24) is 24.1 Å². The van der Waals surface area contributed by atoms with Crippen molar-refractivity contribution in [3.63, 3.8) is 0 Å². The molecule has 76 heavy (non-hydrogen) atoms. The summed E-state index contributed by atoms with van der Waals surface area (Å²) >= 11 is 1.85. The monoisotopic (exact) mass is 985 g/mol. The maximum atomic E-state index is 6.55. The molecule has 5 aromatic heterocycles. The highest BCUT2D eigenvalue weighted by Crippen LogP contribution is 2.47. The maximum Gasteiger partial charge on any atom is 0.166 e. The molecule has 5 heterocycles. The van der Waals surface area contributed by atoms with Crippen LogP contribution in [0.5, 0.6) is 0 Å². The summed E-state index contributed by atoms with van der Waals surface area (Å²) in [6.45, 7) is 0. The van der Waals surface area contributed by atoms with Gasteiger partial charge in [0.1, 0.15) is 11.2 Å². The Balaban J connectivity index is 1.04. The van der Waals surface area contributed by atoms with Gasteiger partial charge in [0.05, 0.1) is 27.8 Å². The molecule has 0 aliphatic heterocycles. The minimum atomic E-state index is 0.562. The third-order valence-corrected chi connectivity index (χ3v) is 16.9. The number of aromatic nitrogens is 5. The van der Waals surface area contributed by atoms with E-state index >= 15 is 0 Å². The number of fused-ring (bicyclic) bond motifs is 17. The molecule has 0 unspecified atom stereocenters. The molecular weight excluding hydrogens is 947 g/mol. The predicted molar refractivity (Wildman–Crippen MR) is 317 cm³/mol. The van der Waals surface area contributed by atoms with Crippen molar-refractivity contribution in [1.29, 1.82) is 0 Å². The number of hydrogen-bond acceptors (Lipinski definition) is 5. The smallest absolute Gasteiger partial charge is 0.166 e. The molecule has 0 radical (unpaired) electrons. The van der Waals surface area contributed by atoms with Crippen molar-refractivity contribution in [3.8, 4) is 45.5 Å². The van der Waals surface area contributed by atoms with E-state index in [-0.39, 0.29) is 0 Å². The van der Waals surface area contributed by atoms with Gasteiger partial charge in [0.2, 0.25) is 0 Å². The van der Waals surface area contributed by atoms with E-state index in [1.165, 1.54) is 57.9 Å². The third kappa shape index (κ3) is 5.94. The van der Waals surface area contributed by atoms with Crippen LogP contribution in [0, 0.1) is 0 Å². The molecular formula is C69H39N5OS. The first-order chi connectivity index (χ1) is 37.7. The van der Waals surface area contributed by atoms with E-state index in [0.717, 1.165) is 88.2 Å². The number of thiophene rings is 1. The lowest BCUT2D eigenvalue weighted by atomic mass is 10.0. The van der Waals surface area contributed by atoms with Crippen LogP contribution in [-0.4, -0.2) is 24.1 Å². The molecule has 0 amide bonds. The quantitative estimate of drug-likeness (QED) is 0.172. The van der Waals surface area contributed by atoms with Crippen molar-refractivity contribution in [2.24, 2.45) is 0 Å². The second-order valence-electron chi connectivity index (χ2n) is 19.8. The van der Waals surface area contributed by atoms with Crippen LogP contribution in [0.15, 0.2) is 241 Å². The topological polar surface area (TPSA) is 61.7 Å². The lowest BCUT2D eigenvalue weighted by molar-refractivity contribution is 0.669. The number of rotatable bonds is 5. The molecule has 6 nitrogen and oxygen atoms in total. The van der Waals surface area contributed by atoms with E-state index in [1.807, 2.05) is 35.6 Å². The van der Waals surface area contributed by atoms with Crippen LogP contribution >= 0.6 is 11.3 Å². The summed E-state index contributed by atoms with van der Waals surface area (Å²) in [5, 5.41) is 16.1. The number of hydrogen-bond donors (Lipinski definition) is 0. The summed E-state index contributed by atoms with van der Waals surface area (Å²) in [7, 11) is 0. The van der Waals surface area contributed by atoms with Gasteiger partial charge in [0, 0.05) is 80.3 Å². The van der Waals surface area contributed by atoms with Crippen LogP contribution in [0.2, 0.25) is 0 Å². The molecule has 352 valence electrons. The third-order valence-electron chi connectivity index (χ3n) is 15.7. The first-order valence-electron chi connectivity index (χ1n) is 25.7. The summed E-state index contributed by atoms with van der Waals surface area (Å²) in [5.41, 5.74) is 10.8. The van der Waals surface area contributed by atoms with Crippen LogP contribution in [0.1, 0.15) is 0 Å². The van der Waals surface area contributed by atoms with Crippen molar-refractivity contribution < 1.29 is 4.42 Å². The molecule has 0 saturated heterocycles. The van der Waals surface area contributed by atoms with E-state index in [2.05, 4.69) is 221 Å². The Morgan fingerprint density at radius 2 is 0.921 bits per heavy atom. The van der Waals surface area contributed by atoms with Crippen molar-refractivity contribution in [2.45, 2.75) is 0 Å². The highest BCUT2D eigenvalue weighted by Gasteiger charge is 2.26. The minimum Gasteiger partial charge on any atom is -0.456 e. The second-order valence-corrected chi connectivity index (χ2v) is 20.9. The van der Waals surface area contributed by atoms with E-state index in [1.54, 1.807) is 0 Å². The average Bonchev–Trinajstić information content (AvgIpc) is 4.40. The van der Waals surface area contributed by atoms with Gasteiger partial charge in [-0.05, 0) is 87.6 Å². The molecule has 7 heteroatoms. The van der Waals surface area contributed by atoms with Crippen molar-refractivity contribution >= 4 is 129 Å². The molecule has 0 N–H and O–H groups in total. The maximum absolute atomic E-state index is 6.55. The fourth-order valence-corrected chi connectivity index (χ4v) is 13.6. The van der Waals surface area contributed by atoms with Crippen LogP contribution in [0.25, 0.3) is 164 Å². The van der Waals surface area contributed by atoms with Crippen molar-refractivity contribution in [2.75, 3.05) is 0 Å². The Morgan fingerprint density at radius 3 is 1.72 bits per heavy atom. The molecule has 0 aliphatic rings. The molecule has 0 bridgehead atoms. The van der Waals surface area contributed by atoms with Gasteiger partial charge in [0.15, 0.2) is 17.5 Å². The average molecular weight is 986 g/mol. The fraction of sp³-hybridized carbons (Fsp3) is 0. The summed E-state index contributed by atoms with van der Waals surface area (Å²) in [4.78, 5) is 17.1. The predicted octanol–water partition coefficient (Wildman–Crippen LogP) is 18.8. The molecule has 0 spiro atoms. The Labute approximate surface area is 437 Å². The Hall–Kier alpha value is -9.95. The fourth-order valence-electron chi connectivity index (χ4n) is 12.4. The summed E-state index contributed by atoms with van der Waals surface area (Å²) in [6, 6.07) is 85.0. The molecule has 0 aliphatic carbocycles. The van der Waals surface area contributed by atoms with Crippen molar-refractivity contribution in [3.05, 3.63) is 237 Å². The van der Waals surface area contributed by atoms with Crippen LogP contribution in [0.4, 0.5) is 0 Å². The van der Waals surface area contributed by atoms with Gasteiger partial charge >= 0.3 is 0 Å². The van der Waals surface area contributed by atoms with Crippen LogP contribution < -0.4 is 0 Å². The highest BCUT2D eigenvalue weighted by molar-refractivity contribution is 7.26. The zero-order valence-corrected chi connectivity index (χ0v) is 41.4.